The summed E-state index contributed by atoms with van der Waals surface area (Å²) < 4.78 is 11.5. The Bertz CT molecular complexity index is 418. The van der Waals surface area contributed by atoms with Gasteiger partial charge in [0, 0.05) is 21.6 Å². The van der Waals surface area contributed by atoms with Crippen molar-refractivity contribution in [2.24, 2.45) is 0 Å². The van der Waals surface area contributed by atoms with E-state index >= 15 is 0 Å². The number of rotatable bonds is 5. The summed E-state index contributed by atoms with van der Waals surface area (Å²) in [4.78, 5) is 10.3. The van der Waals surface area contributed by atoms with Gasteiger partial charge < -0.3 is 5.11 Å². The van der Waals surface area contributed by atoms with Crippen LogP contribution in [0.4, 0.5) is 0 Å². The van der Waals surface area contributed by atoms with Crippen molar-refractivity contribution in [1.29, 1.82) is 0 Å². The molecule has 0 bridgehead atoms. The van der Waals surface area contributed by atoms with Gasteiger partial charge in [-0.15, -0.1) is 0 Å². The molecule has 0 heterocycles. The normalized spacial score (nSPS) is 12.4. The lowest BCUT2D eigenvalue weighted by Gasteiger charge is -2.04. The van der Waals surface area contributed by atoms with Crippen molar-refractivity contribution in [3.8, 4) is 0 Å². The van der Waals surface area contributed by atoms with Gasteiger partial charge in [-0.05, 0) is 24.1 Å². The molecule has 1 atom stereocenters. The van der Waals surface area contributed by atoms with Crippen LogP contribution in [0.2, 0.25) is 5.02 Å². The molecular weight excluding hydrogens is 248 g/mol. The van der Waals surface area contributed by atoms with Crippen LogP contribution in [0.3, 0.4) is 0 Å². The predicted molar refractivity (Wildman–Crippen MR) is 65.2 cm³/mol. The summed E-state index contributed by atoms with van der Waals surface area (Å²) in [5.41, 5.74) is 1.85. The molecule has 0 aromatic heterocycles. The number of benzene rings is 1. The summed E-state index contributed by atoms with van der Waals surface area (Å²) in [6.07, 6.45) is -0.0733. The fourth-order valence-electron chi connectivity index (χ4n) is 1.22. The molecule has 88 valence electrons. The Morgan fingerprint density at radius 3 is 2.75 bits per heavy atom. The van der Waals surface area contributed by atoms with E-state index in [9.17, 15) is 9.00 Å². The Hall–Kier alpha value is -0.870. The van der Waals surface area contributed by atoms with Crippen LogP contribution in [-0.4, -0.2) is 21.0 Å². The zero-order chi connectivity index (χ0) is 12.1. The van der Waals surface area contributed by atoms with Gasteiger partial charge in [-0.1, -0.05) is 23.7 Å². The molecule has 1 aromatic carbocycles. The van der Waals surface area contributed by atoms with E-state index < -0.39 is 16.8 Å². The predicted octanol–water partition coefficient (Wildman–Crippen LogP) is 2.37. The highest BCUT2D eigenvalue weighted by molar-refractivity contribution is 7.84. The van der Waals surface area contributed by atoms with E-state index in [2.05, 4.69) is 0 Å². The minimum Gasteiger partial charge on any atom is -0.481 e. The summed E-state index contributed by atoms with van der Waals surface area (Å²) in [7, 11) is -1.17. The van der Waals surface area contributed by atoms with Gasteiger partial charge in [-0.2, -0.15) is 0 Å². The molecule has 1 rings (SSSR count). The van der Waals surface area contributed by atoms with Crippen molar-refractivity contribution in [3.63, 3.8) is 0 Å². The first-order valence-corrected chi connectivity index (χ1v) is 6.67. The van der Waals surface area contributed by atoms with Crippen LogP contribution in [0, 0.1) is 6.92 Å². The van der Waals surface area contributed by atoms with Crippen molar-refractivity contribution in [3.05, 3.63) is 34.3 Å². The van der Waals surface area contributed by atoms with E-state index in [0.29, 0.717) is 10.8 Å². The minimum atomic E-state index is -1.17. The molecule has 0 fully saturated rings. The highest BCUT2D eigenvalue weighted by Crippen LogP contribution is 2.19. The number of halogens is 1. The molecule has 1 N–H and O–H groups in total. The molecule has 16 heavy (non-hydrogen) atoms. The highest BCUT2D eigenvalue weighted by Gasteiger charge is 2.07. The summed E-state index contributed by atoms with van der Waals surface area (Å²) in [5, 5.41) is 9.05. The SMILES string of the molecule is Cc1ccc(CS(=O)CCC(=O)O)c(Cl)c1. The third-order valence-corrected chi connectivity index (χ3v) is 3.71. The van der Waals surface area contributed by atoms with Gasteiger partial charge in [0.1, 0.15) is 0 Å². The highest BCUT2D eigenvalue weighted by atomic mass is 35.5. The lowest BCUT2D eigenvalue weighted by Crippen LogP contribution is -2.06. The van der Waals surface area contributed by atoms with E-state index in [1.54, 1.807) is 0 Å². The number of carbonyl (C=O) groups is 1. The van der Waals surface area contributed by atoms with Crippen LogP contribution in [0.25, 0.3) is 0 Å². The monoisotopic (exact) mass is 260 g/mol. The number of carboxylic acid groups (broad SMARTS) is 1. The summed E-state index contributed by atoms with van der Waals surface area (Å²) in [5.74, 6) is -0.449. The van der Waals surface area contributed by atoms with Gasteiger partial charge in [0.2, 0.25) is 0 Å². The summed E-state index contributed by atoms with van der Waals surface area (Å²) in [6, 6.07) is 5.54. The number of aliphatic carboxylic acids is 1. The Morgan fingerprint density at radius 2 is 2.19 bits per heavy atom. The fraction of sp³-hybridized carbons (Fsp3) is 0.364. The van der Waals surface area contributed by atoms with Gasteiger partial charge in [0.15, 0.2) is 0 Å². The second-order valence-corrected chi connectivity index (χ2v) is 5.51. The van der Waals surface area contributed by atoms with Gasteiger partial charge in [-0.25, -0.2) is 0 Å². The third-order valence-electron chi connectivity index (χ3n) is 2.07. The topological polar surface area (TPSA) is 54.4 Å². The summed E-state index contributed by atoms with van der Waals surface area (Å²) >= 11 is 5.99. The molecule has 5 heteroatoms. The van der Waals surface area contributed by atoms with Crippen LogP contribution in [0.1, 0.15) is 17.5 Å². The van der Waals surface area contributed by atoms with Crippen LogP contribution < -0.4 is 0 Å². The first kappa shape index (κ1) is 13.2. The second kappa shape index (κ2) is 6.01. The first-order valence-electron chi connectivity index (χ1n) is 4.81. The van der Waals surface area contributed by atoms with Crippen molar-refractivity contribution < 1.29 is 14.1 Å². The van der Waals surface area contributed by atoms with E-state index in [0.717, 1.165) is 11.1 Å². The van der Waals surface area contributed by atoms with Crippen LogP contribution in [-0.2, 0) is 21.3 Å². The van der Waals surface area contributed by atoms with Crippen molar-refractivity contribution in [1.82, 2.24) is 0 Å². The van der Waals surface area contributed by atoms with Gasteiger partial charge in [-0.3, -0.25) is 9.00 Å². The van der Waals surface area contributed by atoms with E-state index in [4.69, 9.17) is 16.7 Å². The standard InChI is InChI=1S/C11H13ClO3S/c1-8-2-3-9(10(12)6-8)7-16(15)5-4-11(13)14/h2-3,6H,4-5,7H2,1H3,(H,13,14). The van der Waals surface area contributed by atoms with Crippen molar-refractivity contribution >= 4 is 28.4 Å². The molecule has 0 aliphatic heterocycles. The molecule has 0 amide bonds. The Kier molecular flexibility index (Phi) is 4.96. The molecule has 0 radical (unpaired) electrons. The van der Waals surface area contributed by atoms with Crippen LogP contribution >= 0.6 is 11.6 Å². The van der Waals surface area contributed by atoms with Crippen LogP contribution in [0.15, 0.2) is 18.2 Å². The maximum absolute atomic E-state index is 11.5. The Morgan fingerprint density at radius 1 is 1.50 bits per heavy atom. The smallest absolute Gasteiger partial charge is 0.304 e. The number of carboxylic acids is 1. The average molecular weight is 261 g/mol. The molecule has 3 nitrogen and oxygen atoms in total. The Balaban J connectivity index is 2.59. The lowest BCUT2D eigenvalue weighted by molar-refractivity contribution is -0.136. The maximum Gasteiger partial charge on any atom is 0.304 e. The molecular formula is C11H13ClO3S. The number of hydrogen-bond donors (Lipinski definition) is 1. The zero-order valence-corrected chi connectivity index (χ0v) is 10.5. The second-order valence-electron chi connectivity index (χ2n) is 3.53. The van der Waals surface area contributed by atoms with Crippen molar-refractivity contribution in [2.75, 3.05) is 5.75 Å². The largest absolute Gasteiger partial charge is 0.481 e. The molecule has 0 saturated heterocycles. The molecule has 0 spiro atoms. The number of hydrogen-bond acceptors (Lipinski definition) is 2. The molecule has 0 aliphatic rings. The lowest BCUT2D eigenvalue weighted by atomic mass is 10.2. The van der Waals surface area contributed by atoms with Gasteiger partial charge in [0.05, 0.1) is 12.2 Å². The fourth-order valence-corrected chi connectivity index (χ4v) is 2.74. The molecule has 0 saturated carbocycles. The first-order chi connectivity index (χ1) is 7.49. The molecule has 0 aliphatic carbocycles. The van der Waals surface area contributed by atoms with E-state index in [1.807, 2.05) is 25.1 Å². The minimum absolute atomic E-state index is 0.0733. The molecule has 1 unspecified atom stereocenters. The number of aryl methyl sites for hydroxylation is 1. The maximum atomic E-state index is 11.5. The molecule has 1 aromatic rings. The van der Waals surface area contributed by atoms with E-state index in [1.165, 1.54) is 0 Å². The Labute approximate surface area is 102 Å². The average Bonchev–Trinajstić information content (AvgIpc) is 2.19. The quantitative estimate of drug-likeness (QED) is 0.884. The zero-order valence-electron chi connectivity index (χ0n) is 8.90. The third kappa shape index (κ3) is 4.33. The summed E-state index contributed by atoms with van der Waals surface area (Å²) in [6.45, 7) is 1.93. The van der Waals surface area contributed by atoms with E-state index in [-0.39, 0.29) is 12.2 Å². The van der Waals surface area contributed by atoms with Crippen LogP contribution in [0.5, 0.6) is 0 Å². The van der Waals surface area contributed by atoms with Gasteiger partial charge in [0.25, 0.3) is 0 Å². The van der Waals surface area contributed by atoms with Gasteiger partial charge >= 0.3 is 5.97 Å². The van der Waals surface area contributed by atoms with Crippen molar-refractivity contribution in [2.45, 2.75) is 19.1 Å².